The molecule has 1 aromatic carbocycles. The van der Waals surface area contributed by atoms with E-state index in [1.807, 2.05) is 19.9 Å². The van der Waals surface area contributed by atoms with Crippen molar-refractivity contribution in [2.75, 3.05) is 20.8 Å². The second-order valence-electron chi connectivity index (χ2n) is 5.48. The maximum Gasteiger partial charge on any atom is 0.345 e. The van der Waals surface area contributed by atoms with E-state index in [4.69, 9.17) is 18.9 Å². The topological polar surface area (TPSA) is 74.2 Å². The molecule has 0 spiro atoms. The molecule has 1 unspecified atom stereocenters. The fraction of sp³-hybridized carbons (Fsp3) is 0.471. The van der Waals surface area contributed by atoms with Crippen molar-refractivity contribution in [2.24, 2.45) is 0 Å². The van der Waals surface area contributed by atoms with E-state index in [-0.39, 0.29) is 12.2 Å². The fourth-order valence-corrected chi connectivity index (χ4v) is 2.66. The molecule has 1 aliphatic heterocycles. The summed E-state index contributed by atoms with van der Waals surface area (Å²) in [6, 6.07) is 0. The van der Waals surface area contributed by atoms with Gasteiger partial charge in [0.2, 0.25) is 6.29 Å². The molecule has 0 aliphatic carbocycles. The zero-order valence-corrected chi connectivity index (χ0v) is 14.1. The molecule has 0 fully saturated rings. The zero-order chi connectivity index (χ0) is 17.1. The lowest BCUT2D eigenvalue weighted by Crippen LogP contribution is -2.09. The molecule has 1 atom stereocenters. The van der Waals surface area contributed by atoms with Crippen molar-refractivity contribution in [3.63, 3.8) is 0 Å². The van der Waals surface area contributed by atoms with Crippen LogP contribution in [0.25, 0.3) is 0 Å². The number of allylic oxidation sites excluding steroid dienone is 1. The summed E-state index contributed by atoms with van der Waals surface area (Å²) in [6.07, 6.45) is 1.05. The van der Waals surface area contributed by atoms with Crippen molar-refractivity contribution >= 4 is 5.97 Å². The van der Waals surface area contributed by atoms with Crippen LogP contribution in [0.4, 0.5) is 0 Å². The average Bonchev–Trinajstić information content (AvgIpc) is 2.84. The van der Waals surface area contributed by atoms with Gasteiger partial charge in [0.25, 0.3) is 0 Å². The molecule has 2 rings (SSSR count). The van der Waals surface area contributed by atoms with Gasteiger partial charge in [-0.2, -0.15) is 0 Å². The molecule has 126 valence electrons. The van der Waals surface area contributed by atoms with Crippen LogP contribution in [0.15, 0.2) is 11.6 Å². The largest absolute Gasteiger partial charge is 0.495 e. The van der Waals surface area contributed by atoms with Gasteiger partial charge in [-0.05, 0) is 26.8 Å². The van der Waals surface area contributed by atoms with Crippen LogP contribution >= 0.6 is 0 Å². The maximum absolute atomic E-state index is 12.1. The number of hydrogen-bond donors (Lipinski definition) is 1. The molecule has 0 saturated carbocycles. The first kappa shape index (κ1) is 17.3. The number of esters is 1. The summed E-state index contributed by atoms with van der Waals surface area (Å²) in [5, 5.41) is 9.82. The number of ether oxygens (including phenoxy) is 4. The van der Waals surface area contributed by atoms with Gasteiger partial charge in [-0.3, -0.25) is 0 Å². The number of hydrogen-bond acceptors (Lipinski definition) is 6. The summed E-state index contributed by atoms with van der Waals surface area (Å²) < 4.78 is 21.6. The number of rotatable bonds is 6. The van der Waals surface area contributed by atoms with E-state index < -0.39 is 12.3 Å². The molecule has 0 amide bonds. The molecule has 0 saturated heterocycles. The lowest BCUT2D eigenvalue weighted by atomic mass is 9.96. The Morgan fingerprint density at radius 3 is 2.52 bits per heavy atom. The third-order valence-electron chi connectivity index (χ3n) is 3.73. The van der Waals surface area contributed by atoms with Gasteiger partial charge in [0, 0.05) is 23.8 Å². The standard InChI is InChI=1S/C17H22O6/c1-9(2)6-7-22-14-10(3)15(20-4)13-12(11(14)8-18)17(21-5)23-16(13)19/h6,17-18H,7-8H2,1-5H3. The van der Waals surface area contributed by atoms with Gasteiger partial charge in [0.15, 0.2) is 0 Å². The smallest absolute Gasteiger partial charge is 0.345 e. The normalized spacial score (nSPS) is 15.9. The van der Waals surface area contributed by atoms with Gasteiger partial charge in [-0.25, -0.2) is 4.79 Å². The molecule has 6 heteroatoms. The quantitative estimate of drug-likeness (QED) is 0.641. The molecule has 1 heterocycles. The molecule has 0 bridgehead atoms. The Morgan fingerprint density at radius 1 is 1.30 bits per heavy atom. The van der Waals surface area contributed by atoms with Crippen LogP contribution in [0.2, 0.25) is 0 Å². The van der Waals surface area contributed by atoms with E-state index >= 15 is 0 Å². The average molecular weight is 322 g/mol. The van der Waals surface area contributed by atoms with Crippen molar-refractivity contribution in [1.82, 2.24) is 0 Å². The van der Waals surface area contributed by atoms with Gasteiger partial charge in [-0.1, -0.05) is 5.57 Å². The lowest BCUT2D eigenvalue weighted by Gasteiger charge is -2.20. The Bertz CT molecular complexity index is 643. The van der Waals surface area contributed by atoms with E-state index in [0.717, 1.165) is 5.57 Å². The van der Waals surface area contributed by atoms with Gasteiger partial charge >= 0.3 is 5.97 Å². The Labute approximate surface area is 135 Å². The maximum atomic E-state index is 12.1. The van der Waals surface area contributed by atoms with Crippen LogP contribution in [-0.2, 0) is 16.1 Å². The highest BCUT2D eigenvalue weighted by Crippen LogP contribution is 2.46. The third-order valence-corrected chi connectivity index (χ3v) is 3.73. The summed E-state index contributed by atoms with van der Waals surface area (Å²) in [6.45, 7) is 5.78. The molecule has 1 aliphatic rings. The van der Waals surface area contributed by atoms with Crippen LogP contribution < -0.4 is 9.47 Å². The molecule has 1 aromatic rings. The third kappa shape index (κ3) is 3.04. The van der Waals surface area contributed by atoms with E-state index in [1.165, 1.54) is 14.2 Å². The molecule has 6 nitrogen and oxygen atoms in total. The second-order valence-corrected chi connectivity index (χ2v) is 5.48. The highest BCUT2D eigenvalue weighted by molar-refractivity contribution is 5.98. The first-order valence-corrected chi connectivity index (χ1v) is 7.30. The SMILES string of the molecule is COc1c(C)c(OCC=C(C)C)c(CO)c2c1C(=O)OC2OC. The zero-order valence-electron chi connectivity index (χ0n) is 14.1. The predicted octanol–water partition coefficient (Wildman–Crippen LogP) is 2.66. The lowest BCUT2D eigenvalue weighted by molar-refractivity contribution is -0.0823. The molecular weight excluding hydrogens is 300 g/mol. The van der Waals surface area contributed by atoms with Crippen molar-refractivity contribution < 1.29 is 28.8 Å². The van der Waals surface area contributed by atoms with Gasteiger partial charge < -0.3 is 24.1 Å². The first-order chi connectivity index (χ1) is 11.0. The molecule has 0 radical (unpaired) electrons. The number of fused-ring (bicyclic) bond motifs is 1. The summed E-state index contributed by atoms with van der Waals surface area (Å²) >= 11 is 0. The van der Waals surface area contributed by atoms with Crippen molar-refractivity contribution in [2.45, 2.75) is 33.7 Å². The van der Waals surface area contributed by atoms with E-state index in [0.29, 0.717) is 34.8 Å². The Balaban J connectivity index is 2.63. The highest BCUT2D eigenvalue weighted by atomic mass is 16.7. The predicted molar refractivity (Wildman–Crippen MR) is 83.7 cm³/mol. The number of methoxy groups -OCH3 is 2. The van der Waals surface area contributed by atoms with Crippen molar-refractivity contribution in [3.05, 3.63) is 33.9 Å². The summed E-state index contributed by atoms with van der Waals surface area (Å²) in [5.41, 5.74) is 3.00. The molecule has 0 aromatic heterocycles. The number of carbonyl (C=O) groups excluding carboxylic acids is 1. The number of aliphatic hydroxyl groups is 1. The van der Waals surface area contributed by atoms with Crippen LogP contribution in [-0.4, -0.2) is 31.9 Å². The minimum absolute atomic E-state index is 0.287. The van der Waals surface area contributed by atoms with E-state index in [1.54, 1.807) is 6.92 Å². The van der Waals surface area contributed by atoms with Crippen molar-refractivity contribution in [3.8, 4) is 11.5 Å². The number of aliphatic hydroxyl groups excluding tert-OH is 1. The number of carbonyl (C=O) groups is 1. The van der Waals surface area contributed by atoms with E-state index in [2.05, 4.69) is 0 Å². The molecule has 1 N–H and O–H groups in total. The fourth-order valence-electron chi connectivity index (χ4n) is 2.66. The monoisotopic (exact) mass is 322 g/mol. The summed E-state index contributed by atoms with van der Waals surface area (Å²) in [7, 11) is 2.92. The molecule has 23 heavy (non-hydrogen) atoms. The summed E-state index contributed by atoms with van der Waals surface area (Å²) in [5.74, 6) is 0.340. The van der Waals surface area contributed by atoms with E-state index in [9.17, 15) is 9.90 Å². The van der Waals surface area contributed by atoms with Crippen LogP contribution in [0.3, 0.4) is 0 Å². The van der Waals surface area contributed by atoms with Gasteiger partial charge in [0.05, 0.1) is 13.7 Å². The molecular formula is C17H22O6. The number of cyclic esters (lactones) is 1. The Morgan fingerprint density at radius 2 is 2.00 bits per heavy atom. The van der Waals surface area contributed by atoms with Gasteiger partial charge in [-0.15, -0.1) is 0 Å². The van der Waals surface area contributed by atoms with Crippen LogP contribution in [0.5, 0.6) is 11.5 Å². The summed E-state index contributed by atoms with van der Waals surface area (Å²) in [4.78, 5) is 12.1. The van der Waals surface area contributed by atoms with Crippen LogP contribution in [0, 0.1) is 6.92 Å². The minimum atomic E-state index is -0.875. The highest BCUT2D eigenvalue weighted by Gasteiger charge is 2.39. The first-order valence-electron chi connectivity index (χ1n) is 7.30. The Hall–Kier alpha value is -2.05. The van der Waals surface area contributed by atoms with Gasteiger partial charge in [0.1, 0.15) is 23.7 Å². The Kier molecular flexibility index (Phi) is 5.28. The van der Waals surface area contributed by atoms with Crippen molar-refractivity contribution in [1.29, 1.82) is 0 Å². The second kappa shape index (κ2) is 7.02. The number of benzene rings is 1. The van der Waals surface area contributed by atoms with Crippen LogP contribution in [0.1, 0.15) is 47.2 Å². The minimum Gasteiger partial charge on any atom is -0.495 e.